The molecular weight excluding hydrogens is 343 g/mol. The van der Waals surface area contributed by atoms with Gasteiger partial charge < -0.3 is 0 Å². The number of benzene rings is 1. The molecule has 1 atom stereocenters. The van der Waals surface area contributed by atoms with Gasteiger partial charge in [0.2, 0.25) is 0 Å². The Kier molecular flexibility index (Phi) is 5.30. The smallest absolute Gasteiger partial charge is 0.150 e. The number of nitriles is 1. The van der Waals surface area contributed by atoms with Crippen molar-refractivity contribution in [2.45, 2.75) is 26.3 Å². The van der Waals surface area contributed by atoms with E-state index in [-0.39, 0.29) is 11.4 Å². The van der Waals surface area contributed by atoms with E-state index >= 15 is 0 Å². The van der Waals surface area contributed by atoms with E-state index < -0.39 is 11.9 Å². The maximum absolute atomic E-state index is 14.8. The zero-order valence-corrected chi connectivity index (χ0v) is 15.0. The number of hydrogen-bond donors (Lipinski definition) is 0. The van der Waals surface area contributed by atoms with Crippen molar-refractivity contribution < 1.29 is 4.39 Å². The summed E-state index contributed by atoms with van der Waals surface area (Å²) in [6, 6.07) is 9.82. The number of fused-ring (bicyclic) bond motifs is 1. The topological polar surface area (TPSA) is 98.3 Å². The van der Waals surface area contributed by atoms with Crippen molar-refractivity contribution in [3.05, 3.63) is 70.2 Å². The van der Waals surface area contributed by atoms with E-state index in [0.29, 0.717) is 28.6 Å². The fourth-order valence-electron chi connectivity index (χ4n) is 3.02. The predicted molar refractivity (Wildman–Crippen MR) is 101 cm³/mol. The summed E-state index contributed by atoms with van der Waals surface area (Å²) < 4.78 is 14.8. The van der Waals surface area contributed by atoms with E-state index in [4.69, 9.17) is 5.53 Å². The van der Waals surface area contributed by atoms with E-state index in [1.54, 1.807) is 36.7 Å². The maximum atomic E-state index is 14.8. The highest BCUT2D eigenvalue weighted by molar-refractivity contribution is 5.89. The summed E-state index contributed by atoms with van der Waals surface area (Å²) in [7, 11) is 0. The Morgan fingerprint density at radius 1 is 1.22 bits per heavy atom. The number of hydrogen-bond acceptors (Lipinski definition) is 4. The monoisotopic (exact) mass is 360 g/mol. The van der Waals surface area contributed by atoms with Gasteiger partial charge in [-0.1, -0.05) is 19.0 Å². The number of nitrogens with zero attached hydrogens (tertiary/aromatic N) is 6. The first-order valence-corrected chi connectivity index (χ1v) is 8.52. The van der Waals surface area contributed by atoms with E-state index in [9.17, 15) is 9.65 Å². The van der Waals surface area contributed by atoms with Gasteiger partial charge in [-0.2, -0.15) is 5.26 Å². The van der Waals surface area contributed by atoms with Crippen LogP contribution < -0.4 is 0 Å². The number of aromatic nitrogens is 2. The molecule has 0 saturated carbocycles. The van der Waals surface area contributed by atoms with Crippen LogP contribution in [0.15, 0.2) is 47.8 Å². The Bertz CT molecular complexity index is 1070. The summed E-state index contributed by atoms with van der Waals surface area (Å²) in [5.41, 5.74) is 11.1. The van der Waals surface area contributed by atoms with Crippen LogP contribution in [0.3, 0.4) is 0 Å². The van der Waals surface area contributed by atoms with Crippen molar-refractivity contribution in [3.8, 4) is 17.2 Å². The average Bonchev–Trinajstić information content (AvgIpc) is 2.67. The molecule has 2 heterocycles. The molecule has 0 N–H and O–H groups in total. The fourth-order valence-corrected chi connectivity index (χ4v) is 3.02. The number of azide groups is 1. The van der Waals surface area contributed by atoms with Crippen molar-refractivity contribution in [2.75, 3.05) is 0 Å². The van der Waals surface area contributed by atoms with Crippen LogP contribution in [0.2, 0.25) is 0 Å². The third-order valence-electron chi connectivity index (χ3n) is 4.25. The van der Waals surface area contributed by atoms with Crippen molar-refractivity contribution in [1.29, 1.82) is 5.26 Å². The van der Waals surface area contributed by atoms with Crippen molar-refractivity contribution in [2.24, 2.45) is 11.0 Å². The SMILES string of the molecule is CC(C)CC(N=[N+]=[N-])c1cc(C#N)c2cc(-c3ccncc3)cc(F)c2n1. The molecule has 0 amide bonds. The first-order valence-electron chi connectivity index (χ1n) is 8.52. The molecule has 0 spiro atoms. The first kappa shape index (κ1) is 18.3. The van der Waals surface area contributed by atoms with Crippen LogP contribution in [0, 0.1) is 23.1 Å². The lowest BCUT2D eigenvalue weighted by atomic mass is 9.97. The average molecular weight is 360 g/mol. The summed E-state index contributed by atoms with van der Waals surface area (Å²) in [6.45, 7) is 3.99. The zero-order chi connectivity index (χ0) is 19.4. The lowest BCUT2D eigenvalue weighted by molar-refractivity contribution is 0.501. The Hall–Kier alpha value is -3.49. The lowest BCUT2D eigenvalue weighted by Crippen LogP contribution is -2.04. The first-order chi connectivity index (χ1) is 13.0. The van der Waals surface area contributed by atoms with E-state index in [2.05, 4.69) is 26.1 Å². The number of pyridine rings is 2. The minimum absolute atomic E-state index is 0.101. The van der Waals surface area contributed by atoms with Gasteiger partial charge in [-0.25, -0.2) is 9.37 Å². The predicted octanol–water partition coefficient (Wildman–Crippen LogP) is 5.71. The van der Waals surface area contributed by atoms with Crippen LogP contribution in [-0.4, -0.2) is 9.97 Å². The molecule has 3 aromatic rings. The molecule has 1 unspecified atom stereocenters. The van der Waals surface area contributed by atoms with Gasteiger partial charge in [0.15, 0.2) is 0 Å². The summed E-state index contributed by atoms with van der Waals surface area (Å²) in [4.78, 5) is 11.2. The van der Waals surface area contributed by atoms with Gasteiger partial charge in [0.1, 0.15) is 11.3 Å². The number of halogens is 1. The number of rotatable bonds is 5. The molecule has 27 heavy (non-hydrogen) atoms. The molecule has 2 aromatic heterocycles. The standard InChI is InChI=1S/C20H17FN6/c1-12(2)7-19(26-27-23)18-10-15(11-22)16-8-14(9-17(21)20(16)25-18)13-3-5-24-6-4-13/h3-6,8-10,12,19H,7H2,1-2H3. The van der Waals surface area contributed by atoms with Gasteiger partial charge in [0.05, 0.1) is 23.4 Å². The van der Waals surface area contributed by atoms with Gasteiger partial charge in [-0.15, -0.1) is 0 Å². The van der Waals surface area contributed by atoms with Crippen LogP contribution in [0.5, 0.6) is 0 Å². The molecule has 134 valence electrons. The summed E-state index contributed by atoms with van der Waals surface area (Å²) in [5.74, 6) is -0.274. The van der Waals surface area contributed by atoms with Crippen molar-refractivity contribution in [1.82, 2.24) is 9.97 Å². The van der Waals surface area contributed by atoms with E-state index in [1.807, 2.05) is 13.8 Å². The molecule has 0 bridgehead atoms. The Morgan fingerprint density at radius 3 is 2.59 bits per heavy atom. The highest BCUT2D eigenvalue weighted by Crippen LogP contribution is 2.32. The Labute approximate surface area is 155 Å². The van der Waals surface area contributed by atoms with Crippen molar-refractivity contribution >= 4 is 10.9 Å². The van der Waals surface area contributed by atoms with Crippen LogP contribution in [-0.2, 0) is 0 Å². The van der Waals surface area contributed by atoms with Gasteiger partial charge in [-0.3, -0.25) is 4.98 Å². The van der Waals surface area contributed by atoms with Crippen LogP contribution in [0.4, 0.5) is 4.39 Å². The largest absolute Gasteiger partial charge is 0.265 e. The summed E-state index contributed by atoms with van der Waals surface area (Å²) >= 11 is 0. The molecule has 0 aliphatic rings. The van der Waals surface area contributed by atoms with Crippen LogP contribution in [0.1, 0.15) is 37.6 Å². The highest BCUT2D eigenvalue weighted by atomic mass is 19.1. The Balaban J connectivity index is 2.21. The molecule has 0 aliphatic carbocycles. The van der Waals surface area contributed by atoms with Gasteiger partial charge in [0, 0.05) is 22.7 Å². The second-order valence-electron chi connectivity index (χ2n) is 6.65. The molecule has 0 fully saturated rings. The minimum atomic E-state index is -0.550. The van der Waals surface area contributed by atoms with Crippen molar-refractivity contribution in [3.63, 3.8) is 0 Å². The second-order valence-corrected chi connectivity index (χ2v) is 6.65. The molecule has 0 aliphatic heterocycles. The minimum Gasteiger partial charge on any atom is -0.265 e. The van der Waals surface area contributed by atoms with E-state index in [0.717, 1.165) is 5.56 Å². The van der Waals surface area contributed by atoms with Gasteiger partial charge in [0.25, 0.3) is 0 Å². The zero-order valence-electron chi connectivity index (χ0n) is 15.0. The highest BCUT2D eigenvalue weighted by Gasteiger charge is 2.18. The molecule has 0 radical (unpaired) electrons. The van der Waals surface area contributed by atoms with Crippen LogP contribution >= 0.6 is 0 Å². The molecule has 0 saturated heterocycles. The normalized spacial score (nSPS) is 11.8. The molecule has 7 heteroatoms. The third kappa shape index (κ3) is 3.86. The molecule has 3 rings (SSSR count). The van der Waals surface area contributed by atoms with Gasteiger partial charge in [-0.05, 0) is 59.3 Å². The van der Waals surface area contributed by atoms with E-state index in [1.165, 1.54) is 6.07 Å². The maximum Gasteiger partial charge on any atom is 0.150 e. The summed E-state index contributed by atoms with van der Waals surface area (Å²) in [5, 5.41) is 13.8. The third-order valence-corrected chi connectivity index (χ3v) is 4.25. The van der Waals surface area contributed by atoms with Gasteiger partial charge >= 0.3 is 0 Å². The van der Waals surface area contributed by atoms with Crippen LogP contribution in [0.25, 0.3) is 32.5 Å². The Morgan fingerprint density at radius 2 is 1.96 bits per heavy atom. The molecular formula is C20H17FN6. The fraction of sp³-hybridized carbons (Fsp3) is 0.250. The molecule has 1 aromatic carbocycles. The summed E-state index contributed by atoms with van der Waals surface area (Å²) in [6.07, 6.45) is 3.81. The second kappa shape index (κ2) is 7.81. The quantitative estimate of drug-likeness (QED) is 0.331. The molecule has 6 nitrogen and oxygen atoms in total. The lowest BCUT2D eigenvalue weighted by Gasteiger charge is -2.15.